The molecule has 40 heavy (non-hydrogen) atoms. The summed E-state index contributed by atoms with van der Waals surface area (Å²) >= 11 is 0. The molecule has 0 saturated heterocycles. The van der Waals surface area contributed by atoms with Crippen LogP contribution in [0.1, 0.15) is 62.4 Å². The van der Waals surface area contributed by atoms with Gasteiger partial charge in [0.15, 0.2) is 0 Å². The molecule has 10 nitrogen and oxygen atoms in total. The first-order chi connectivity index (χ1) is 18.7. The van der Waals surface area contributed by atoms with E-state index in [0.717, 1.165) is 11.1 Å². The van der Waals surface area contributed by atoms with E-state index in [0.29, 0.717) is 11.1 Å². The summed E-state index contributed by atoms with van der Waals surface area (Å²) < 4.78 is 10.3. The normalized spacial score (nSPS) is 12.6. The minimum Gasteiger partial charge on any atom is -0.508 e. The van der Waals surface area contributed by atoms with Crippen molar-refractivity contribution in [3.63, 3.8) is 0 Å². The summed E-state index contributed by atoms with van der Waals surface area (Å²) in [5.41, 5.74) is 2.15. The molecular formula is C30H41N3O7. The van der Waals surface area contributed by atoms with Crippen LogP contribution in [0.15, 0.2) is 42.5 Å². The van der Waals surface area contributed by atoms with E-state index >= 15 is 0 Å². The molecule has 0 fully saturated rings. The number of ether oxygens (including phenoxy) is 2. The predicted octanol–water partition coefficient (Wildman–Crippen LogP) is 3.71. The monoisotopic (exact) mass is 555 g/mol. The van der Waals surface area contributed by atoms with Crippen LogP contribution in [0.5, 0.6) is 5.75 Å². The molecule has 3 amide bonds. The number of carbonyl (C=O) groups is 4. The Kier molecular flexibility index (Phi) is 11.5. The van der Waals surface area contributed by atoms with Gasteiger partial charge in [-0.1, -0.05) is 30.3 Å². The van der Waals surface area contributed by atoms with Gasteiger partial charge in [0.2, 0.25) is 11.8 Å². The molecule has 2 rings (SSSR count). The zero-order valence-electron chi connectivity index (χ0n) is 24.4. The van der Waals surface area contributed by atoms with Gasteiger partial charge in [-0.3, -0.25) is 14.4 Å². The number of aromatic hydroxyl groups is 1. The number of hydrogen-bond acceptors (Lipinski definition) is 7. The highest BCUT2D eigenvalue weighted by Crippen LogP contribution is 2.28. The van der Waals surface area contributed by atoms with Crippen molar-refractivity contribution in [2.24, 2.45) is 0 Å². The highest BCUT2D eigenvalue weighted by Gasteiger charge is 2.35. The highest BCUT2D eigenvalue weighted by atomic mass is 16.6. The number of likely N-dealkylation sites (N-methyl/N-ethyl adjacent to an activating group) is 1. The minimum absolute atomic E-state index is 0.0135. The van der Waals surface area contributed by atoms with E-state index in [-0.39, 0.29) is 31.7 Å². The fourth-order valence-corrected chi connectivity index (χ4v) is 4.27. The van der Waals surface area contributed by atoms with Crippen LogP contribution in [0.4, 0.5) is 4.79 Å². The molecule has 2 atom stereocenters. The number of rotatable bonds is 11. The number of amides is 3. The lowest BCUT2D eigenvalue weighted by molar-refractivity contribution is -0.143. The Morgan fingerprint density at radius 1 is 1.00 bits per heavy atom. The summed E-state index contributed by atoms with van der Waals surface area (Å²) in [6.07, 6.45) is -0.701. The molecule has 0 spiro atoms. The van der Waals surface area contributed by atoms with Crippen molar-refractivity contribution in [3.05, 3.63) is 64.7 Å². The third-order valence-electron chi connectivity index (χ3n) is 6.10. The molecule has 218 valence electrons. The maximum Gasteiger partial charge on any atom is 0.408 e. The number of nitrogens with zero attached hydrogens (tertiary/aromatic N) is 1. The van der Waals surface area contributed by atoms with Gasteiger partial charge in [0.25, 0.3) is 0 Å². The first-order valence-corrected chi connectivity index (χ1v) is 13.3. The molecule has 0 aliphatic heterocycles. The van der Waals surface area contributed by atoms with Gasteiger partial charge in [-0.2, -0.15) is 0 Å². The van der Waals surface area contributed by atoms with E-state index in [2.05, 4.69) is 10.6 Å². The summed E-state index contributed by atoms with van der Waals surface area (Å²) in [5.74, 6) is -1.37. The largest absolute Gasteiger partial charge is 0.508 e. The van der Waals surface area contributed by atoms with Crippen molar-refractivity contribution >= 4 is 23.9 Å². The van der Waals surface area contributed by atoms with Gasteiger partial charge in [0, 0.05) is 20.0 Å². The fraction of sp³-hybridized carbons (Fsp3) is 0.467. The Bertz CT molecular complexity index is 1170. The van der Waals surface area contributed by atoms with Gasteiger partial charge in [-0.05, 0) is 75.9 Å². The van der Waals surface area contributed by atoms with Gasteiger partial charge in [-0.15, -0.1) is 0 Å². The second-order valence-electron chi connectivity index (χ2n) is 10.6. The number of benzene rings is 2. The first-order valence-electron chi connectivity index (χ1n) is 13.3. The minimum atomic E-state index is -1.08. The maximum absolute atomic E-state index is 14.0. The quantitative estimate of drug-likeness (QED) is 0.360. The van der Waals surface area contributed by atoms with Crippen LogP contribution in [-0.2, 0) is 30.3 Å². The smallest absolute Gasteiger partial charge is 0.408 e. The van der Waals surface area contributed by atoms with E-state index in [1.165, 1.54) is 24.1 Å². The average Bonchev–Trinajstić information content (AvgIpc) is 2.85. The van der Waals surface area contributed by atoms with E-state index in [9.17, 15) is 24.3 Å². The molecule has 0 aliphatic rings. The van der Waals surface area contributed by atoms with Gasteiger partial charge in [0.1, 0.15) is 23.4 Å². The summed E-state index contributed by atoms with van der Waals surface area (Å²) in [4.78, 5) is 53.4. The second kappa shape index (κ2) is 14.3. The number of carbonyl (C=O) groups excluding carboxylic acids is 4. The molecule has 0 saturated carbocycles. The van der Waals surface area contributed by atoms with Crippen molar-refractivity contribution in [1.82, 2.24) is 15.5 Å². The standard InChI is InChI=1S/C30H41N3O7/c1-8-39-24(35)16-17-31-27(36)26(25-19(2)10-9-11-20(25)3)33(7)28(37)23(32-29(38)40-30(4,5)6)18-21-12-14-22(34)15-13-21/h9-15,23,26,34H,8,16-18H2,1-7H3,(H,31,36)(H,32,38). The van der Waals surface area contributed by atoms with Crippen molar-refractivity contribution in [2.75, 3.05) is 20.2 Å². The highest BCUT2D eigenvalue weighted by molar-refractivity contribution is 5.92. The van der Waals surface area contributed by atoms with Crippen molar-refractivity contribution in [3.8, 4) is 5.75 Å². The van der Waals surface area contributed by atoms with E-state index in [4.69, 9.17) is 9.47 Å². The zero-order chi connectivity index (χ0) is 30.0. The lowest BCUT2D eigenvalue weighted by Crippen LogP contribution is -2.52. The molecule has 0 heterocycles. The number of aryl methyl sites for hydroxylation is 2. The average molecular weight is 556 g/mol. The van der Waals surface area contributed by atoms with E-state index in [1.54, 1.807) is 39.8 Å². The molecule has 2 unspecified atom stereocenters. The SMILES string of the molecule is CCOC(=O)CCNC(=O)C(c1c(C)cccc1C)N(C)C(=O)C(Cc1ccc(O)cc1)NC(=O)OC(C)(C)C. The topological polar surface area (TPSA) is 134 Å². The van der Waals surface area contributed by atoms with E-state index in [1.807, 2.05) is 32.0 Å². The third kappa shape index (κ3) is 9.59. The van der Waals surface area contributed by atoms with Crippen molar-refractivity contribution in [2.45, 2.75) is 72.1 Å². The zero-order valence-corrected chi connectivity index (χ0v) is 24.4. The summed E-state index contributed by atoms with van der Waals surface area (Å²) in [6.45, 7) is 10.8. The molecule has 0 bridgehead atoms. The molecule has 3 N–H and O–H groups in total. The van der Waals surface area contributed by atoms with Gasteiger partial charge in [-0.25, -0.2) is 4.79 Å². The maximum atomic E-state index is 14.0. The third-order valence-corrected chi connectivity index (χ3v) is 6.10. The molecule has 0 aliphatic carbocycles. The van der Waals surface area contributed by atoms with Gasteiger partial charge < -0.3 is 30.1 Å². The van der Waals surface area contributed by atoms with E-state index < -0.39 is 41.6 Å². The Morgan fingerprint density at radius 2 is 1.60 bits per heavy atom. The Hall–Kier alpha value is -4.08. The summed E-state index contributed by atoms with van der Waals surface area (Å²) in [5, 5.41) is 15.1. The second-order valence-corrected chi connectivity index (χ2v) is 10.6. The predicted molar refractivity (Wildman–Crippen MR) is 151 cm³/mol. The molecule has 0 aromatic heterocycles. The molecule has 10 heteroatoms. The van der Waals surface area contributed by atoms with Crippen LogP contribution in [0.25, 0.3) is 0 Å². The summed E-state index contributed by atoms with van der Waals surface area (Å²) in [6, 6.07) is 9.73. The van der Waals surface area contributed by atoms with Crippen LogP contribution >= 0.6 is 0 Å². The number of alkyl carbamates (subject to hydrolysis) is 1. The number of phenolic OH excluding ortho intramolecular Hbond substituents is 1. The number of hydrogen-bond donors (Lipinski definition) is 3. The Labute approximate surface area is 236 Å². The van der Waals surface area contributed by atoms with Crippen molar-refractivity contribution < 1.29 is 33.8 Å². The Balaban J connectivity index is 2.42. The summed E-state index contributed by atoms with van der Waals surface area (Å²) in [7, 11) is 1.50. The van der Waals surface area contributed by atoms with Crippen LogP contribution in [-0.4, -0.2) is 65.7 Å². The molecule has 0 radical (unpaired) electrons. The molecule has 2 aromatic rings. The van der Waals surface area contributed by atoms with Crippen LogP contribution in [0.2, 0.25) is 0 Å². The van der Waals surface area contributed by atoms with Crippen molar-refractivity contribution in [1.29, 1.82) is 0 Å². The number of nitrogens with one attached hydrogen (secondary N) is 2. The first kappa shape index (κ1) is 32.1. The van der Waals surface area contributed by atoms with Crippen LogP contribution in [0, 0.1) is 13.8 Å². The molecular weight excluding hydrogens is 514 g/mol. The molecule has 2 aromatic carbocycles. The van der Waals surface area contributed by atoms with Gasteiger partial charge >= 0.3 is 12.1 Å². The number of phenols is 1. The fourth-order valence-electron chi connectivity index (χ4n) is 4.27. The van der Waals surface area contributed by atoms with Crippen LogP contribution < -0.4 is 10.6 Å². The lowest BCUT2D eigenvalue weighted by Gasteiger charge is -2.33. The van der Waals surface area contributed by atoms with Crippen LogP contribution in [0.3, 0.4) is 0 Å². The lowest BCUT2D eigenvalue weighted by atomic mass is 9.93. The van der Waals surface area contributed by atoms with Gasteiger partial charge in [0.05, 0.1) is 13.0 Å². The Morgan fingerprint density at radius 3 is 2.15 bits per heavy atom. The number of esters is 1.